The summed E-state index contributed by atoms with van der Waals surface area (Å²) in [5.41, 5.74) is 1.36. The van der Waals surface area contributed by atoms with Gasteiger partial charge in [-0.25, -0.2) is 4.98 Å². The zero-order valence-corrected chi connectivity index (χ0v) is 14.7. The molecular formula is C18H17N3O4S. The van der Waals surface area contributed by atoms with Gasteiger partial charge >= 0.3 is 5.97 Å². The summed E-state index contributed by atoms with van der Waals surface area (Å²) in [6.07, 6.45) is 0.753. The van der Waals surface area contributed by atoms with Crippen LogP contribution in [0.1, 0.15) is 17.8 Å². The fourth-order valence-corrected chi connectivity index (χ4v) is 3.31. The van der Waals surface area contributed by atoms with Gasteiger partial charge in [-0.2, -0.15) is 0 Å². The summed E-state index contributed by atoms with van der Waals surface area (Å²) in [5, 5.41) is 14.7. The Morgan fingerprint density at radius 1 is 1.19 bits per heavy atom. The number of anilines is 1. The van der Waals surface area contributed by atoms with Crippen molar-refractivity contribution in [3.05, 3.63) is 63.7 Å². The zero-order valence-electron chi connectivity index (χ0n) is 13.9. The van der Waals surface area contributed by atoms with Gasteiger partial charge in [0, 0.05) is 19.0 Å². The van der Waals surface area contributed by atoms with Crippen LogP contribution in [0.5, 0.6) is 0 Å². The number of nitro groups is 1. The van der Waals surface area contributed by atoms with Crippen LogP contribution in [0.3, 0.4) is 0 Å². The topological polar surface area (TPSA) is 94.4 Å². The molecule has 1 heterocycles. The third-order valence-electron chi connectivity index (χ3n) is 3.67. The maximum atomic E-state index is 11.8. The molecule has 0 aliphatic heterocycles. The van der Waals surface area contributed by atoms with Crippen LogP contribution in [0, 0.1) is 10.1 Å². The van der Waals surface area contributed by atoms with Crippen molar-refractivity contribution < 1.29 is 14.5 Å². The Hall–Kier alpha value is -3.00. The molecule has 26 heavy (non-hydrogen) atoms. The van der Waals surface area contributed by atoms with Gasteiger partial charge in [0.2, 0.25) is 0 Å². The number of benzene rings is 2. The number of fused-ring (bicyclic) bond motifs is 1. The Morgan fingerprint density at radius 2 is 1.96 bits per heavy atom. The number of rotatable bonds is 8. The fourth-order valence-electron chi connectivity index (χ4n) is 2.43. The number of hydrogen-bond acceptors (Lipinski definition) is 7. The van der Waals surface area contributed by atoms with Crippen LogP contribution in [0.25, 0.3) is 10.2 Å². The molecule has 0 radical (unpaired) electrons. The van der Waals surface area contributed by atoms with Crippen LogP contribution in [0.2, 0.25) is 0 Å². The molecule has 0 spiro atoms. The lowest BCUT2D eigenvalue weighted by atomic mass is 10.2. The Bertz CT molecular complexity index is 892. The Morgan fingerprint density at radius 3 is 2.77 bits per heavy atom. The van der Waals surface area contributed by atoms with Gasteiger partial charge in [-0.15, -0.1) is 11.3 Å². The number of esters is 1. The average molecular weight is 371 g/mol. The first-order valence-corrected chi connectivity index (χ1v) is 8.92. The lowest BCUT2D eigenvalue weighted by Gasteiger charge is -2.06. The highest BCUT2D eigenvalue weighted by atomic mass is 32.1. The molecular weight excluding hydrogens is 354 g/mol. The van der Waals surface area contributed by atoms with Gasteiger partial charge in [-0.1, -0.05) is 24.3 Å². The van der Waals surface area contributed by atoms with Crippen molar-refractivity contribution in [1.82, 2.24) is 4.98 Å². The van der Waals surface area contributed by atoms with E-state index in [9.17, 15) is 14.9 Å². The monoisotopic (exact) mass is 371 g/mol. The van der Waals surface area contributed by atoms with E-state index in [0.29, 0.717) is 18.7 Å². The highest BCUT2D eigenvalue weighted by Crippen LogP contribution is 2.23. The van der Waals surface area contributed by atoms with Crippen molar-refractivity contribution in [2.45, 2.75) is 19.4 Å². The maximum absolute atomic E-state index is 11.8. The molecule has 7 nitrogen and oxygen atoms in total. The van der Waals surface area contributed by atoms with E-state index in [1.165, 1.54) is 17.4 Å². The molecule has 0 saturated heterocycles. The van der Waals surface area contributed by atoms with E-state index in [1.54, 1.807) is 18.2 Å². The third kappa shape index (κ3) is 4.54. The molecule has 2 aromatic carbocycles. The van der Waals surface area contributed by atoms with Crippen molar-refractivity contribution in [3.63, 3.8) is 0 Å². The minimum Gasteiger partial charge on any atom is -0.458 e. The first-order chi connectivity index (χ1) is 12.6. The zero-order chi connectivity index (χ0) is 18.4. The molecule has 0 aliphatic rings. The van der Waals surface area contributed by atoms with E-state index < -0.39 is 4.92 Å². The van der Waals surface area contributed by atoms with E-state index >= 15 is 0 Å². The molecule has 8 heteroatoms. The molecule has 1 N–H and O–H groups in total. The minimum absolute atomic E-state index is 0.0194. The number of aromatic nitrogens is 1. The summed E-state index contributed by atoms with van der Waals surface area (Å²) in [4.78, 5) is 26.7. The number of nitrogens with one attached hydrogen (secondary N) is 1. The number of para-hydroxylation sites is 3. The molecule has 0 fully saturated rings. The summed E-state index contributed by atoms with van der Waals surface area (Å²) in [5.74, 6) is -0.311. The van der Waals surface area contributed by atoms with Gasteiger partial charge in [-0.05, 0) is 24.6 Å². The highest BCUT2D eigenvalue weighted by Gasteiger charge is 2.12. The number of carbonyl (C=O) groups is 1. The normalized spacial score (nSPS) is 10.6. The number of thiazole rings is 1. The van der Waals surface area contributed by atoms with Crippen molar-refractivity contribution in [3.8, 4) is 0 Å². The van der Waals surface area contributed by atoms with Gasteiger partial charge in [0.25, 0.3) is 5.69 Å². The summed E-state index contributed by atoms with van der Waals surface area (Å²) >= 11 is 1.50. The van der Waals surface area contributed by atoms with Crippen molar-refractivity contribution in [2.24, 2.45) is 0 Å². The lowest BCUT2D eigenvalue weighted by Crippen LogP contribution is -2.09. The SMILES string of the molecule is O=C(CCCNc1ccccc1[N+](=O)[O-])OCc1nc2ccccc2s1. The number of nitro benzene ring substituents is 1. The average Bonchev–Trinajstić information content (AvgIpc) is 3.07. The van der Waals surface area contributed by atoms with Gasteiger partial charge < -0.3 is 10.1 Å². The van der Waals surface area contributed by atoms with Gasteiger partial charge in [0.05, 0.1) is 15.1 Å². The first kappa shape index (κ1) is 17.8. The smallest absolute Gasteiger partial charge is 0.306 e. The van der Waals surface area contributed by atoms with E-state index in [0.717, 1.165) is 15.2 Å². The molecule has 0 unspecified atom stereocenters. The lowest BCUT2D eigenvalue weighted by molar-refractivity contribution is -0.384. The Kier molecular flexibility index (Phi) is 5.75. The van der Waals surface area contributed by atoms with Gasteiger partial charge in [0.1, 0.15) is 17.3 Å². The predicted octanol–water partition coefficient (Wildman–Crippen LogP) is 4.14. The number of ether oxygens (including phenoxy) is 1. The molecule has 0 bridgehead atoms. The number of hydrogen-bond donors (Lipinski definition) is 1. The van der Waals surface area contributed by atoms with Crippen LogP contribution < -0.4 is 5.32 Å². The van der Waals surface area contributed by atoms with E-state index in [1.807, 2.05) is 24.3 Å². The standard InChI is InChI=1S/C18H17N3O4S/c22-18(25-12-17-20-14-7-2-4-9-16(14)26-17)10-5-11-19-13-6-1-3-8-15(13)21(23)24/h1-4,6-9,19H,5,10-12H2. The first-order valence-electron chi connectivity index (χ1n) is 8.11. The van der Waals surface area contributed by atoms with E-state index in [4.69, 9.17) is 4.74 Å². The molecule has 3 rings (SSSR count). The quantitative estimate of drug-likeness (QED) is 0.277. The van der Waals surface area contributed by atoms with E-state index in [2.05, 4.69) is 10.3 Å². The van der Waals surface area contributed by atoms with Crippen molar-refractivity contribution >= 4 is 38.9 Å². The molecule has 0 aliphatic carbocycles. The Balaban J connectivity index is 1.41. The Labute approximate surface area is 153 Å². The third-order valence-corrected chi connectivity index (χ3v) is 4.68. The second kappa shape index (κ2) is 8.39. The minimum atomic E-state index is -0.436. The van der Waals surface area contributed by atoms with Gasteiger partial charge in [-0.3, -0.25) is 14.9 Å². The summed E-state index contributed by atoms with van der Waals surface area (Å²) in [7, 11) is 0. The molecule has 3 aromatic rings. The highest BCUT2D eigenvalue weighted by molar-refractivity contribution is 7.18. The largest absolute Gasteiger partial charge is 0.458 e. The summed E-state index contributed by atoms with van der Waals surface area (Å²) in [6.45, 7) is 0.608. The van der Waals surface area contributed by atoms with Crippen LogP contribution in [0.4, 0.5) is 11.4 Å². The van der Waals surface area contributed by atoms with Crippen LogP contribution >= 0.6 is 11.3 Å². The maximum Gasteiger partial charge on any atom is 0.306 e. The molecule has 1 aromatic heterocycles. The second-order valence-corrected chi connectivity index (χ2v) is 6.66. The van der Waals surface area contributed by atoms with Crippen LogP contribution in [-0.4, -0.2) is 22.4 Å². The number of carbonyl (C=O) groups excluding carboxylic acids is 1. The molecule has 0 saturated carbocycles. The van der Waals surface area contributed by atoms with Gasteiger partial charge in [0.15, 0.2) is 0 Å². The van der Waals surface area contributed by atoms with Crippen molar-refractivity contribution in [2.75, 3.05) is 11.9 Å². The number of nitrogens with zero attached hydrogens (tertiary/aromatic N) is 2. The summed E-state index contributed by atoms with van der Waals surface area (Å²) in [6, 6.07) is 14.2. The van der Waals surface area contributed by atoms with Crippen molar-refractivity contribution in [1.29, 1.82) is 0 Å². The molecule has 0 atom stereocenters. The molecule has 0 amide bonds. The van der Waals surface area contributed by atoms with Crippen LogP contribution in [0.15, 0.2) is 48.5 Å². The molecule has 134 valence electrons. The predicted molar refractivity (Wildman–Crippen MR) is 100 cm³/mol. The summed E-state index contributed by atoms with van der Waals surface area (Å²) < 4.78 is 6.31. The van der Waals surface area contributed by atoms with Crippen LogP contribution in [-0.2, 0) is 16.1 Å². The second-order valence-electron chi connectivity index (χ2n) is 5.54. The fraction of sp³-hybridized carbons (Fsp3) is 0.222. The van der Waals surface area contributed by atoms with E-state index in [-0.39, 0.29) is 24.7 Å².